The predicted octanol–water partition coefficient (Wildman–Crippen LogP) is 6.01. The Morgan fingerprint density at radius 2 is 0.778 bits per heavy atom. The number of ether oxygens (including phenoxy) is 2. The van der Waals surface area contributed by atoms with Crippen molar-refractivity contribution in [1.82, 2.24) is 0 Å². The van der Waals surface area contributed by atoms with Crippen LogP contribution in [0, 0.1) is 0 Å². The zero-order chi connectivity index (χ0) is 17.8. The van der Waals surface area contributed by atoms with Gasteiger partial charge in [0, 0.05) is 22.3 Å². The second kappa shape index (κ2) is 5.24. The van der Waals surface area contributed by atoms with E-state index in [9.17, 15) is 0 Å². The number of hydrogen-bond donors (Lipinski definition) is 0. The van der Waals surface area contributed by atoms with Gasteiger partial charge in [-0.05, 0) is 23.3 Å². The summed E-state index contributed by atoms with van der Waals surface area (Å²) in [6, 6.07) is 33.0. The van der Waals surface area contributed by atoms with Gasteiger partial charge in [-0.1, -0.05) is 84.9 Å². The summed E-state index contributed by atoms with van der Waals surface area (Å²) in [5, 5.41) is 0. The minimum atomic E-state index is -0.990. The first-order valence-corrected chi connectivity index (χ1v) is 9.13. The van der Waals surface area contributed by atoms with Gasteiger partial charge in [0.15, 0.2) is 0 Å². The predicted molar refractivity (Wildman–Crippen MR) is 106 cm³/mol. The van der Waals surface area contributed by atoms with E-state index in [4.69, 9.17) is 9.47 Å². The molecule has 0 fully saturated rings. The molecule has 0 saturated heterocycles. The van der Waals surface area contributed by atoms with Crippen molar-refractivity contribution < 1.29 is 9.47 Å². The quantitative estimate of drug-likeness (QED) is 0.388. The van der Waals surface area contributed by atoms with Crippen molar-refractivity contribution in [3.8, 4) is 33.8 Å². The molecule has 0 radical (unpaired) electrons. The van der Waals surface area contributed by atoms with Crippen LogP contribution in [0.15, 0.2) is 97.1 Å². The minimum Gasteiger partial charge on any atom is -0.444 e. The fourth-order valence-electron chi connectivity index (χ4n) is 4.26. The van der Waals surface area contributed by atoms with Crippen molar-refractivity contribution in [2.45, 2.75) is 5.79 Å². The molecule has 2 nitrogen and oxygen atoms in total. The smallest absolute Gasteiger partial charge is 0.306 e. The van der Waals surface area contributed by atoms with Gasteiger partial charge in [0.25, 0.3) is 0 Å². The van der Waals surface area contributed by atoms with Gasteiger partial charge in [-0.3, -0.25) is 0 Å². The molecule has 0 aromatic heterocycles. The topological polar surface area (TPSA) is 18.5 Å². The Morgan fingerprint density at radius 1 is 0.407 bits per heavy atom. The molecular weight excluding hydrogens is 332 g/mol. The molecule has 128 valence electrons. The number of fused-ring (bicyclic) bond motifs is 8. The van der Waals surface area contributed by atoms with E-state index in [0.717, 1.165) is 44.9 Å². The Kier molecular flexibility index (Phi) is 2.84. The highest BCUT2D eigenvalue weighted by atomic mass is 16.7. The molecule has 0 unspecified atom stereocenters. The van der Waals surface area contributed by atoms with Crippen molar-refractivity contribution >= 4 is 0 Å². The number of para-hydroxylation sites is 2. The Hall–Kier alpha value is -3.52. The van der Waals surface area contributed by atoms with Gasteiger partial charge < -0.3 is 9.47 Å². The molecule has 2 aliphatic rings. The molecule has 1 spiro atoms. The van der Waals surface area contributed by atoms with Crippen LogP contribution in [-0.4, -0.2) is 0 Å². The van der Waals surface area contributed by atoms with Crippen molar-refractivity contribution in [3.63, 3.8) is 0 Å². The number of benzene rings is 4. The van der Waals surface area contributed by atoms with Crippen LogP contribution in [0.3, 0.4) is 0 Å². The lowest BCUT2D eigenvalue weighted by Gasteiger charge is -2.43. The summed E-state index contributed by atoms with van der Waals surface area (Å²) >= 11 is 0. The average Bonchev–Trinajstić information content (AvgIpc) is 2.74. The molecule has 0 bridgehead atoms. The van der Waals surface area contributed by atoms with Crippen LogP contribution in [0.2, 0.25) is 0 Å². The van der Waals surface area contributed by atoms with Gasteiger partial charge in [0.1, 0.15) is 11.5 Å². The van der Waals surface area contributed by atoms with E-state index in [1.807, 2.05) is 48.5 Å². The van der Waals surface area contributed by atoms with E-state index in [1.54, 1.807) is 0 Å². The zero-order valence-electron chi connectivity index (χ0n) is 14.6. The molecule has 0 atom stereocenters. The maximum absolute atomic E-state index is 6.65. The lowest BCUT2D eigenvalue weighted by Crippen LogP contribution is -2.45. The van der Waals surface area contributed by atoms with E-state index < -0.39 is 5.79 Å². The first-order chi connectivity index (χ1) is 13.4. The highest BCUT2D eigenvalue weighted by Crippen LogP contribution is 2.54. The van der Waals surface area contributed by atoms with Crippen molar-refractivity contribution in [1.29, 1.82) is 0 Å². The first kappa shape index (κ1) is 14.6. The second-order valence-corrected chi connectivity index (χ2v) is 6.90. The van der Waals surface area contributed by atoms with Crippen LogP contribution in [0.25, 0.3) is 22.3 Å². The lowest BCUT2D eigenvalue weighted by atomic mass is 9.82. The number of hydrogen-bond acceptors (Lipinski definition) is 2. The van der Waals surface area contributed by atoms with E-state index in [1.165, 1.54) is 0 Å². The molecule has 2 heteroatoms. The third-order valence-corrected chi connectivity index (χ3v) is 5.43. The molecule has 0 amide bonds. The standard InChI is InChI=1S/C25H16O2/c1-5-13-21-17(9-1)19-11-3-7-15-23(19)26-25(21)22-14-6-2-10-18(22)20-12-4-8-16-24(20)27-25/h1-16H. The Bertz CT molecular complexity index is 1100. The molecule has 0 N–H and O–H groups in total. The van der Waals surface area contributed by atoms with Crippen LogP contribution >= 0.6 is 0 Å². The van der Waals surface area contributed by atoms with E-state index in [-0.39, 0.29) is 0 Å². The van der Waals surface area contributed by atoms with Gasteiger partial charge in [0.2, 0.25) is 0 Å². The first-order valence-electron chi connectivity index (χ1n) is 9.13. The normalized spacial score (nSPS) is 14.8. The summed E-state index contributed by atoms with van der Waals surface area (Å²) < 4.78 is 13.3. The maximum Gasteiger partial charge on any atom is 0.306 e. The molecule has 4 aromatic rings. The SMILES string of the molecule is c1ccc2c(c1)OC1(Oc3ccccc3-c3ccccc31)c1ccccc1-2. The van der Waals surface area contributed by atoms with Crippen molar-refractivity contribution in [3.05, 3.63) is 108 Å². The van der Waals surface area contributed by atoms with Crippen LogP contribution in [0.1, 0.15) is 11.1 Å². The summed E-state index contributed by atoms with van der Waals surface area (Å²) in [4.78, 5) is 0. The third kappa shape index (κ3) is 1.90. The zero-order valence-corrected chi connectivity index (χ0v) is 14.6. The highest BCUT2D eigenvalue weighted by molar-refractivity contribution is 5.82. The summed E-state index contributed by atoms with van der Waals surface area (Å²) in [5.41, 5.74) is 6.55. The minimum absolute atomic E-state index is 0.838. The third-order valence-electron chi connectivity index (χ3n) is 5.43. The van der Waals surface area contributed by atoms with Gasteiger partial charge in [-0.2, -0.15) is 0 Å². The molecule has 4 aromatic carbocycles. The monoisotopic (exact) mass is 348 g/mol. The summed E-state index contributed by atoms with van der Waals surface area (Å²) in [5.74, 6) is 0.686. The molecule has 0 aliphatic carbocycles. The maximum atomic E-state index is 6.65. The average molecular weight is 348 g/mol. The Balaban J connectivity index is 1.71. The molecule has 27 heavy (non-hydrogen) atoms. The summed E-state index contributed by atoms with van der Waals surface area (Å²) in [7, 11) is 0. The lowest BCUT2D eigenvalue weighted by molar-refractivity contribution is -0.0878. The van der Waals surface area contributed by atoms with Crippen molar-refractivity contribution in [2.75, 3.05) is 0 Å². The molecule has 6 rings (SSSR count). The van der Waals surface area contributed by atoms with Crippen molar-refractivity contribution in [2.24, 2.45) is 0 Å². The number of rotatable bonds is 0. The van der Waals surface area contributed by atoms with Crippen LogP contribution in [0.5, 0.6) is 11.5 Å². The van der Waals surface area contributed by atoms with Crippen LogP contribution in [-0.2, 0) is 5.79 Å². The summed E-state index contributed by atoms with van der Waals surface area (Å²) in [6.07, 6.45) is 0. The van der Waals surface area contributed by atoms with Gasteiger partial charge in [0.05, 0.1) is 0 Å². The summed E-state index contributed by atoms with van der Waals surface area (Å²) in [6.45, 7) is 0. The van der Waals surface area contributed by atoms with E-state index in [2.05, 4.69) is 48.5 Å². The Labute approximate surface area is 157 Å². The highest BCUT2D eigenvalue weighted by Gasteiger charge is 2.49. The van der Waals surface area contributed by atoms with Gasteiger partial charge in [-0.15, -0.1) is 0 Å². The van der Waals surface area contributed by atoms with Crippen LogP contribution < -0.4 is 9.47 Å². The molecule has 0 saturated carbocycles. The molecular formula is C25H16O2. The fraction of sp³-hybridized carbons (Fsp3) is 0.0400. The van der Waals surface area contributed by atoms with Gasteiger partial charge >= 0.3 is 5.79 Å². The second-order valence-electron chi connectivity index (χ2n) is 6.90. The van der Waals surface area contributed by atoms with Gasteiger partial charge in [-0.25, -0.2) is 0 Å². The fourth-order valence-corrected chi connectivity index (χ4v) is 4.26. The molecule has 2 heterocycles. The van der Waals surface area contributed by atoms with Crippen LogP contribution in [0.4, 0.5) is 0 Å². The van der Waals surface area contributed by atoms with E-state index >= 15 is 0 Å². The molecule has 2 aliphatic heterocycles. The largest absolute Gasteiger partial charge is 0.444 e. The Morgan fingerprint density at radius 3 is 1.26 bits per heavy atom. The van der Waals surface area contributed by atoms with E-state index in [0.29, 0.717) is 0 Å².